The Balaban J connectivity index is 2.52. The number of hydrogen-bond donors (Lipinski definition) is 1. The summed E-state index contributed by atoms with van der Waals surface area (Å²) in [7, 11) is 0. The highest BCUT2D eigenvalue weighted by Crippen LogP contribution is 2.27. The fourth-order valence-electron chi connectivity index (χ4n) is 1.75. The van der Waals surface area contributed by atoms with Crippen LogP contribution in [-0.4, -0.2) is 21.2 Å². The summed E-state index contributed by atoms with van der Waals surface area (Å²) in [6.07, 6.45) is 2.21. The van der Waals surface area contributed by atoms with Gasteiger partial charge < -0.3 is 4.98 Å². The first kappa shape index (κ1) is 9.30. The zero-order valence-electron chi connectivity index (χ0n) is 8.07. The summed E-state index contributed by atoms with van der Waals surface area (Å²) in [5, 5.41) is 1.26. The van der Waals surface area contributed by atoms with E-state index in [2.05, 4.69) is 15.0 Å². The largest absolute Gasteiger partial charge is 0.351 e. The van der Waals surface area contributed by atoms with Crippen molar-refractivity contribution in [1.29, 1.82) is 0 Å². The van der Waals surface area contributed by atoms with Crippen LogP contribution < -0.4 is 0 Å². The number of rotatable bonds is 1. The lowest BCUT2D eigenvalue weighted by Crippen LogP contribution is -1.80. The number of H-pyrrole nitrogens is 1. The Labute approximate surface area is 95.3 Å². The number of carbonyl (C=O) groups excluding carboxylic acids is 1. The van der Waals surface area contributed by atoms with Gasteiger partial charge >= 0.3 is 0 Å². The predicted molar refractivity (Wildman–Crippen MR) is 61.8 cm³/mol. The normalized spacial score (nSPS) is 11.1. The molecule has 5 heteroatoms. The summed E-state index contributed by atoms with van der Waals surface area (Å²) >= 11 is 5.95. The number of aromatic nitrogens is 3. The van der Waals surface area contributed by atoms with Crippen LogP contribution in [-0.2, 0) is 0 Å². The van der Waals surface area contributed by atoms with E-state index < -0.39 is 0 Å². The van der Waals surface area contributed by atoms with Gasteiger partial charge in [0.15, 0.2) is 5.15 Å². The number of carbonyl (C=O) groups is 1. The van der Waals surface area contributed by atoms with E-state index >= 15 is 0 Å². The van der Waals surface area contributed by atoms with Crippen LogP contribution >= 0.6 is 11.6 Å². The van der Waals surface area contributed by atoms with Crippen LogP contribution in [0, 0.1) is 0 Å². The van der Waals surface area contributed by atoms with Crippen molar-refractivity contribution >= 4 is 39.8 Å². The maximum Gasteiger partial charge on any atom is 0.156 e. The Morgan fingerprint density at radius 3 is 3.00 bits per heavy atom. The van der Waals surface area contributed by atoms with E-state index in [1.165, 1.54) is 6.33 Å². The van der Waals surface area contributed by atoms with Crippen molar-refractivity contribution < 1.29 is 4.79 Å². The molecule has 78 valence electrons. The van der Waals surface area contributed by atoms with Gasteiger partial charge in [0.05, 0.1) is 0 Å². The molecule has 0 radical (unpaired) electrons. The first-order chi connectivity index (χ1) is 7.79. The minimum atomic E-state index is 0.383. The average Bonchev–Trinajstić information content (AvgIpc) is 2.68. The Morgan fingerprint density at radius 2 is 2.19 bits per heavy atom. The molecule has 0 spiro atoms. The van der Waals surface area contributed by atoms with Crippen molar-refractivity contribution in [2.24, 2.45) is 0 Å². The van der Waals surface area contributed by atoms with Crippen LogP contribution in [0.4, 0.5) is 0 Å². The summed E-state index contributed by atoms with van der Waals surface area (Å²) in [6, 6.07) is 5.35. The minimum absolute atomic E-state index is 0.383. The molecule has 16 heavy (non-hydrogen) atoms. The van der Waals surface area contributed by atoms with Crippen LogP contribution in [0.25, 0.3) is 21.9 Å². The number of aromatic amines is 1. The number of nitrogens with one attached hydrogen (secondary N) is 1. The van der Waals surface area contributed by atoms with Gasteiger partial charge in [-0.05, 0) is 18.2 Å². The third kappa shape index (κ3) is 1.20. The summed E-state index contributed by atoms with van der Waals surface area (Å²) in [5.74, 6) is 0. The van der Waals surface area contributed by atoms with Gasteiger partial charge in [-0.1, -0.05) is 11.6 Å². The van der Waals surface area contributed by atoms with E-state index in [4.69, 9.17) is 11.6 Å². The van der Waals surface area contributed by atoms with Crippen molar-refractivity contribution in [1.82, 2.24) is 15.0 Å². The summed E-state index contributed by atoms with van der Waals surface area (Å²) < 4.78 is 0. The summed E-state index contributed by atoms with van der Waals surface area (Å²) in [5.41, 5.74) is 2.94. The maximum atomic E-state index is 10.7. The summed E-state index contributed by atoms with van der Waals surface area (Å²) in [6.45, 7) is 0. The van der Waals surface area contributed by atoms with Gasteiger partial charge in [-0.2, -0.15) is 0 Å². The highest BCUT2D eigenvalue weighted by molar-refractivity contribution is 6.34. The SMILES string of the molecule is O=Cc1ccc2[nH]c3c(Cl)ncnc3c2c1. The molecule has 4 nitrogen and oxygen atoms in total. The molecule has 0 aliphatic carbocycles. The van der Waals surface area contributed by atoms with Gasteiger partial charge in [0.1, 0.15) is 23.6 Å². The molecular formula is C11H6ClN3O. The van der Waals surface area contributed by atoms with Crippen molar-refractivity contribution in [2.75, 3.05) is 0 Å². The Hall–Kier alpha value is -1.94. The number of fused-ring (bicyclic) bond motifs is 3. The summed E-state index contributed by atoms with van der Waals surface area (Å²) in [4.78, 5) is 21.9. The van der Waals surface area contributed by atoms with Gasteiger partial charge in [0.25, 0.3) is 0 Å². The quantitative estimate of drug-likeness (QED) is 0.517. The Bertz CT molecular complexity index is 705. The second kappa shape index (κ2) is 3.28. The predicted octanol–water partition coefficient (Wildman–Crippen LogP) is 2.58. The van der Waals surface area contributed by atoms with Gasteiger partial charge in [0, 0.05) is 16.5 Å². The minimum Gasteiger partial charge on any atom is -0.351 e. The molecule has 2 heterocycles. The molecule has 0 saturated carbocycles. The zero-order chi connectivity index (χ0) is 11.1. The molecular weight excluding hydrogens is 226 g/mol. The molecule has 0 aliphatic rings. The smallest absolute Gasteiger partial charge is 0.156 e. The topological polar surface area (TPSA) is 58.6 Å². The van der Waals surface area contributed by atoms with Crippen LogP contribution in [0.15, 0.2) is 24.5 Å². The fourth-order valence-corrected chi connectivity index (χ4v) is 1.93. The molecule has 0 aliphatic heterocycles. The lowest BCUT2D eigenvalue weighted by Gasteiger charge is -1.92. The van der Waals surface area contributed by atoms with E-state index in [0.717, 1.165) is 22.7 Å². The lowest BCUT2D eigenvalue weighted by atomic mass is 10.1. The van der Waals surface area contributed by atoms with Gasteiger partial charge in [-0.25, -0.2) is 9.97 Å². The number of benzene rings is 1. The van der Waals surface area contributed by atoms with Crippen LogP contribution in [0.3, 0.4) is 0 Å². The third-order valence-electron chi connectivity index (χ3n) is 2.50. The molecule has 0 atom stereocenters. The van der Waals surface area contributed by atoms with E-state index in [1.54, 1.807) is 12.1 Å². The molecule has 2 aromatic heterocycles. The maximum absolute atomic E-state index is 10.7. The van der Waals surface area contributed by atoms with Crippen molar-refractivity contribution in [3.63, 3.8) is 0 Å². The van der Waals surface area contributed by atoms with Crippen LogP contribution in [0.1, 0.15) is 10.4 Å². The highest BCUT2D eigenvalue weighted by Gasteiger charge is 2.09. The second-order valence-electron chi connectivity index (χ2n) is 3.44. The second-order valence-corrected chi connectivity index (χ2v) is 3.79. The molecule has 0 fully saturated rings. The van der Waals surface area contributed by atoms with Crippen molar-refractivity contribution in [3.05, 3.63) is 35.2 Å². The van der Waals surface area contributed by atoms with E-state index in [-0.39, 0.29) is 0 Å². The molecule has 0 amide bonds. The molecule has 3 rings (SSSR count). The molecule has 0 unspecified atom stereocenters. The van der Waals surface area contributed by atoms with Crippen LogP contribution in [0.2, 0.25) is 5.15 Å². The average molecular weight is 232 g/mol. The van der Waals surface area contributed by atoms with Gasteiger partial charge in [-0.15, -0.1) is 0 Å². The molecule has 1 aromatic carbocycles. The van der Waals surface area contributed by atoms with E-state index in [0.29, 0.717) is 16.2 Å². The molecule has 0 bridgehead atoms. The van der Waals surface area contributed by atoms with E-state index in [9.17, 15) is 4.79 Å². The number of hydrogen-bond acceptors (Lipinski definition) is 3. The fraction of sp³-hybridized carbons (Fsp3) is 0. The molecule has 1 N–H and O–H groups in total. The number of halogens is 1. The Morgan fingerprint density at radius 1 is 1.31 bits per heavy atom. The molecule has 0 saturated heterocycles. The zero-order valence-corrected chi connectivity index (χ0v) is 8.82. The van der Waals surface area contributed by atoms with Crippen molar-refractivity contribution in [3.8, 4) is 0 Å². The van der Waals surface area contributed by atoms with Crippen LogP contribution in [0.5, 0.6) is 0 Å². The third-order valence-corrected chi connectivity index (χ3v) is 2.78. The standard InChI is InChI=1S/C11H6ClN3O/c12-11-10-9(13-5-14-11)7-3-6(4-16)1-2-8(7)15-10/h1-5,15H. The van der Waals surface area contributed by atoms with Crippen molar-refractivity contribution in [2.45, 2.75) is 0 Å². The molecule has 3 aromatic rings. The first-order valence-electron chi connectivity index (χ1n) is 4.67. The first-order valence-corrected chi connectivity index (χ1v) is 5.04. The monoisotopic (exact) mass is 231 g/mol. The Kier molecular flexibility index (Phi) is 1.91. The lowest BCUT2D eigenvalue weighted by molar-refractivity contribution is 0.112. The highest BCUT2D eigenvalue weighted by atomic mass is 35.5. The van der Waals surface area contributed by atoms with Gasteiger partial charge in [-0.3, -0.25) is 4.79 Å². The van der Waals surface area contributed by atoms with Gasteiger partial charge in [0.2, 0.25) is 0 Å². The number of aldehydes is 1. The number of nitrogens with zero attached hydrogens (tertiary/aromatic N) is 2. The van der Waals surface area contributed by atoms with E-state index in [1.807, 2.05) is 6.07 Å².